The minimum Gasteiger partial charge on any atom is -0.493 e. The monoisotopic (exact) mass is 586 g/mol. The third kappa shape index (κ3) is 5.62. The molecule has 0 radical (unpaired) electrons. The number of hydrogen-bond donors (Lipinski definition) is 0. The third-order valence-electron chi connectivity index (χ3n) is 8.23. The van der Waals surface area contributed by atoms with E-state index >= 15 is 0 Å². The highest BCUT2D eigenvalue weighted by Crippen LogP contribution is 2.45. The molecule has 3 heterocycles. The molecule has 220 valence electrons. The standard InChI is InChI=1S/C33H38N4O4S/c1-3-4-5-21-41-31-22-27(11-14-29(31)25-9-10-25)36-19-6-18-35(33(36)38)23-26-15-17-34-32-30(26)16-20-37(32)42(39,40)28-12-7-24(2)8-13-28/h7-8,11-17,20,22,25H,3-6,9-10,18-19,21,23H2,1-2H3. The second-order valence-corrected chi connectivity index (χ2v) is 13.2. The molecule has 0 spiro atoms. The van der Waals surface area contributed by atoms with Gasteiger partial charge in [-0.2, -0.15) is 0 Å². The van der Waals surface area contributed by atoms with Crippen molar-refractivity contribution in [1.82, 2.24) is 13.9 Å². The Hall–Kier alpha value is -3.85. The van der Waals surface area contributed by atoms with E-state index in [1.807, 2.05) is 28.9 Å². The van der Waals surface area contributed by atoms with Crippen molar-refractivity contribution in [3.05, 3.63) is 83.7 Å². The summed E-state index contributed by atoms with van der Waals surface area (Å²) >= 11 is 0. The maximum absolute atomic E-state index is 13.8. The van der Waals surface area contributed by atoms with Crippen LogP contribution in [0.25, 0.3) is 11.0 Å². The van der Waals surface area contributed by atoms with Gasteiger partial charge in [0.05, 0.1) is 11.5 Å². The highest BCUT2D eigenvalue weighted by molar-refractivity contribution is 7.90. The van der Waals surface area contributed by atoms with Crippen molar-refractivity contribution < 1.29 is 17.9 Å². The molecule has 1 aliphatic carbocycles. The molecule has 2 amide bonds. The van der Waals surface area contributed by atoms with E-state index in [4.69, 9.17) is 4.74 Å². The first-order chi connectivity index (χ1) is 20.4. The van der Waals surface area contributed by atoms with Gasteiger partial charge in [0, 0.05) is 49.2 Å². The predicted octanol–water partition coefficient (Wildman–Crippen LogP) is 6.86. The quantitative estimate of drug-likeness (QED) is 0.179. The summed E-state index contributed by atoms with van der Waals surface area (Å²) in [7, 11) is -3.81. The lowest BCUT2D eigenvalue weighted by Gasteiger charge is -2.36. The minimum absolute atomic E-state index is 0.0611. The van der Waals surface area contributed by atoms with Crippen LogP contribution in [0, 0.1) is 6.92 Å². The van der Waals surface area contributed by atoms with Gasteiger partial charge in [-0.1, -0.05) is 43.5 Å². The van der Waals surface area contributed by atoms with Crippen LogP contribution in [0.5, 0.6) is 5.75 Å². The summed E-state index contributed by atoms with van der Waals surface area (Å²) in [4.78, 5) is 22.1. The molecule has 1 saturated carbocycles. The minimum atomic E-state index is -3.81. The highest BCUT2D eigenvalue weighted by Gasteiger charge is 2.31. The maximum atomic E-state index is 13.8. The Balaban J connectivity index is 1.23. The molecule has 6 rings (SSSR count). The lowest BCUT2D eigenvalue weighted by Crippen LogP contribution is -2.49. The van der Waals surface area contributed by atoms with Gasteiger partial charge in [-0.15, -0.1) is 0 Å². The molecule has 2 aromatic carbocycles. The highest BCUT2D eigenvalue weighted by atomic mass is 32.2. The van der Waals surface area contributed by atoms with E-state index in [1.54, 1.807) is 42.7 Å². The van der Waals surface area contributed by atoms with Crippen molar-refractivity contribution in [1.29, 1.82) is 0 Å². The zero-order chi connectivity index (χ0) is 29.3. The number of carbonyl (C=O) groups excluding carboxylic acids is 1. The fraction of sp³-hybridized carbons (Fsp3) is 0.394. The molecule has 0 unspecified atom stereocenters. The van der Waals surface area contributed by atoms with Crippen molar-refractivity contribution in [2.24, 2.45) is 0 Å². The first-order valence-electron chi connectivity index (χ1n) is 15.0. The van der Waals surface area contributed by atoms with Crippen molar-refractivity contribution in [3.8, 4) is 5.75 Å². The zero-order valence-corrected chi connectivity index (χ0v) is 25.1. The number of unbranched alkanes of at least 4 members (excludes halogenated alkanes) is 2. The molecule has 1 aliphatic heterocycles. The van der Waals surface area contributed by atoms with E-state index in [0.29, 0.717) is 37.8 Å². The molecule has 2 aromatic heterocycles. The van der Waals surface area contributed by atoms with Crippen molar-refractivity contribution in [2.45, 2.75) is 69.7 Å². The molecule has 2 fully saturated rings. The smallest absolute Gasteiger partial charge is 0.324 e. The summed E-state index contributed by atoms with van der Waals surface area (Å²) < 4.78 is 34.3. The molecule has 0 atom stereocenters. The topological polar surface area (TPSA) is 84.7 Å². The number of rotatable bonds is 11. The number of urea groups is 1. The van der Waals surface area contributed by atoms with E-state index in [9.17, 15) is 13.2 Å². The third-order valence-corrected chi connectivity index (χ3v) is 9.91. The number of ether oxygens (including phenoxy) is 1. The van der Waals surface area contributed by atoms with Crippen LogP contribution < -0.4 is 9.64 Å². The summed E-state index contributed by atoms with van der Waals surface area (Å²) in [5, 5.41) is 0.717. The molecular weight excluding hydrogens is 548 g/mol. The molecule has 42 heavy (non-hydrogen) atoms. The van der Waals surface area contributed by atoms with Gasteiger partial charge in [0.15, 0.2) is 5.65 Å². The number of hydrogen-bond acceptors (Lipinski definition) is 5. The first-order valence-corrected chi connectivity index (χ1v) is 16.4. The van der Waals surface area contributed by atoms with E-state index in [2.05, 4.69) is 24.0 Å². The Morgan fingerprint density at radius 3 is 2.57 bits per heavy atom. The molecule has 4 aromatic rings. The average Bonchev–Trinajstić information content (AvgIpc) is 3.74. The van der Waals surface area contributed by atoms with Crippen LogP contribution in [0.2, 0.25) is 0 Å². The van der Waals surface area contributed by atoms with Crippen LogP contribution in [0.4, 0.5) is 10.5 Å². The number of aromatic nitrogens is 2. The van der Waals surface area contributed by atoms with Gasteiger partial charge in [-0.05, 0) is 80.0 Å². The lowest BCUT2D eigenvalue weighted by atomic mass is 10.1. The van der Waals surface area contributed by atoms with Gasteiger partial charge in [-0.3, -0.25) is 4.90 Å². The van der Waals surface area contributed by atoms with E-state index < -0.39 is 10.0 Å². The molecule has 0 bridgehead atoms. The van der Waals surface area contributed by atoms with E-state index in [-0.39, 0.29) is 10.9 Å². The molecule has 0 N–H and O–H groups in total. The molecule has 2 aliphatic rings. The van der Waals surface area contributed by atoms with Gasteiger partial charge < -0.3 is 9.64 Å². The van der Waals surface area contributed by atoms with Crippen molar-refractivity contribution >= 4 is 32.8 Å². The molecular formula is C33H38N4O4S. The van der Waals surface area contributed by atoms with Crippen LogP contribution >= 0.6 is 0 Å². The van der Waals surface area contributed by atoms with Crippen LogP contribution in [0.3, 0.4) is 0 Å². The number of fused-ring (bicyclic) bond motifs is 1. The number of nitrogens with zero attached hydrogens (tertiary/aromatic N) is 4. The van der Waals surface area contributed by atoms with Gasteiger partial charge in [0.25, 0.3) is 10.0 Å². The zero-order valence-electron chi connectivity index (χ0n) is 24.3. The van der Waals surface area contributed by atoms with E-state index in [1.165, 1.54) is 22.4 Å². The predicted molar refractivity (Wildman–Crippen MR) is 165 cm³/mol. The Bertz CT molecular complexity index is 1690. The van der Waals surface area contributed by atoms with Gasteiger partial charge in [0.1, 0.15) is 5.75 Å². The maximum Gasteiger partial charge on any atom is 0.324 e. The number of benzene rings is 2. The second-order valence-electron chi connectivity index (χ2n) is 11.4. The summed E-state index contributed by atoms with van der Waals surface area (Å²) in [6.07, 6.45) is 9.68. The van der Waals surface area contributed by atoms with Gasteiger partial charge in [0.2, 0.25) is 0 Å². The lowest BCUT2D eigenvalue weighted by molar-refractivity contribution is 0.192. The van der Waals surface area contributed by atoms with Crippen LogP contribution in [0.15, 0.2) is 71.9 Å². The molecule has 9 heteroatoms. The fourth-order valence-electron chi connectivity index (χ4n) is 5.68. The summed E-state index contributed by atoms with van der Waals surface area (Å²) in [5.41, 5.74) is 4.31. The van der Waals surface area contributed by atoms with E-state index in [0.717, 1.165) is 53.6 Å². The van der Waals surface area contributed by atoms with Gasteiger partial charge >= 0.3 is 6.03 Å². The molecule has 8 nitrogen and oxygen atoms in total. The number of amides is 2. The largest absolute Gasteiger partial charge is 0.493 e. The van der Waals surface area contributed by atoms with Crippen LogP contribution in [0.1, 0.15) is 68.1 Å². The Morgan fingerprint density at radius 2 is 1.81 bits per heavy atom. The number of anilines is 1. The van der Waals surface area contributed by atoms with Crippen molar-refractivity contribution in [2.75, 3.05) is 24.6 Å². The summed E-state index contributed by atoms with van der Waals surface area (Å²) in [6, 6.07) is 16.6. The average molecular weight is 587 g/mol. The number of carbonyl (C=O) groups is 1. The number of pyridine rings is 1. The normalized spacial score (nSPS) is 15.9. The summed E-state index contributed by atoms with van der Waals surface area (Å²) in [6.45, 7) is 6.43. The number of aryl methyl sites for hydroxylation is 1. The Labute approximate surface area is 248 Å². The van der Waals surface area contributed by atoms with Crippen molar-refractivity contribution in [3.63, 3.8) is 0 Å². The van der Waals surface area contributed by atoms with Crippen LogP contribution in [-0.2, 0) is 16.6 Å². The summed E-state index contributed by atoms with van der Waals surface area (Å²) in [5.74, 6) is 1.47. The second kappa shape index (κ2) is 11.8. The fourth-order valence-corrected chi connectivity index (χ4v) is 6.98. The van der Waals surface area contributed by atoms with Gasteiger partial charge in [-0.25, -0.2) is 22.2 Å². The Morgan fingerprint density at radius 1 is 1.00 bits per heavy atom. The first kappa shape index (κ1) is 28.3. The van der Waals surface area contributed by atoms with Crippen LogP contribution in [-0.4, -0.2) is 48.0 Å². The Kier molecular flexibility index (Phi) is 7.94. The SMILES string of the molecule is CCCCCOc1cc(N2CCCN(Cc3ccnc4c3ccn4S(=O)(=O)c3ccc(C)cc3)C2=O)ccc1C1CC1. The molecule has 1 saturated heterocycles.